The smallest absolute Gasteiger partial charge is 0.241 e. The van der Waals surface area contributed by atoms with Crippen molar-refractivity contribution in [2.45, 2.75) is 19.4 Å². The van der Waals surface area contributed by atoms with Gasteiger partial charge in [0, 0.05) is 10.7 Å². The maximum atomic E-state index is 11.6. The number of rotatable bonds is 4. The van der Waals surface area contributed by atoms with E-state index in [0.717, 1.165) is 5.56 Å². The van der Waals surface area contributed by atoms with Crippen molar-refractivity contribution < 1.29 is 4.79 Å². The van der Waals surface area contributed by atoms with Gasteiger partial charge in [0.25, 0.3) is 0 Å². The summed E-state index contributed by atoms with van der Waals surface area (Å²) in [7, 11) is 0. The standard InChI is InChI=1S/C12H15ClN2O/c1-3-4-11(14)12(16)15-9-6-5-8(2)10(13)7-9/h3,5-7,11H,1,4,14H2,2H3,(H,15,16). The van der Waals surface area contributed by atoms with E-state index >= 15 is 0 Å². The third-order valence-corrected chi connectivity index (χ3v) is 2.60. The fourth-order valence-corrected chi connectivity index (χ4v) is 1.37. The Morgan fingerprint density at radius 1 is 1.69 bits per heavy atom. The third-order valence-electron chi connectivity index (χ3n) is 2.20. The molecule has 0 aliphatic carbocycles. The molecule has 0 aliphatic rings. The lowest BCUT2D eigenvalue weighted by Crippen LogP contribution is -2.35. The molecule has 3 nitrogen and oxygen atoms in total. The van der Waals surface area contributed by atoms with Gasteiger partial charge >= 0.3 is 0 Å². The minimum Gasteiger partial charge on any atom is -0.325 e. The molecule has 0 aliphatic heterocycles. The monoisotopic (exact) mass is 238 g/mol. The minimum atomic E-state index is -0.572. The van der Waals surface area contributed by atoms with E-state index in [9.17, 15) is 4.79 Å². The van der Waals surface area contributed by atoms with Crippen LogP contribution in [-0.4, -0.2) is 11.9 Å². The molecule has 1 unspecified atom stereocenters. The van der Waals surface area contributed by atoms with Crippen LogP contribution in [0.2, 0.25) is 5.02 Å². The summed E-state index contributed by atoms with van der Waals surface area (Å²) in [5.41, 5.74) is 7.25. The topological polar surface area (TPSA) is 55.1 Å². The Morgan fingerprint density at radius 2 is 2.38 bits per heavy atom. The highest BCUT2D eigenvalue weighted by atomic mass is 35.5. The normalized spacial score (nSPS) is 11.9. The fourth-order valence-electron chi connectivity index (χ4n) is 1.19. The van der Waals surface area contributed by atoms with Crippen LogP contribution < -0.4 is 11.1 Å². The Hall–Kier alpha value is -1.32. The summed E-state index contributed by atoms with van der Waals surface area (Å²) >= 11 is 5.94. The number of halogens is 1. The SMILES string of the molecule is C=CCC(N)C(=O)Nc1ccc(C)c(Cl)c1. The van der Waals surface area contributed by atoms with Gasteiger partial charge in [0.15, 0.2) is 0 Å². The Balaban J connectivity index is 2.69. The zero-order valence-corrected chi connectivity index (χ0v) is 9.92. The average Bonchev–Trinajstić information content (AvgIpc) is 2.24. The van der Waals surface area contributed by atoms with Crippen molar-refractivity contribution in [3.05, 3.63) is 41.4 Å². The van der Waals surface area contributed by atoms with E-state index in [1.54, 1.807) is 18.2 Å². The Morgan fingerprint density at radius 3 is 2.94 bits per heavy atom. The molecule has 1 rings (SSSR count). The molecule has 1 atom stereocenters. The lowest BCUT2D eigenvalue weighted by Gasteiger charge is -2.11. The molecule has 1 aromatic carbocycles. The Kier molecular flexibility index (Phi) is 4.52. The second-order valence-electron chi connectivity index (χ2n) is 3.58. The van der Waals surface area contributed by atoms with Gasteiger partial charge < -0.3 is 11.1 Å². The summed E-state index contributed by atoms with van der Waals surface area (Å²) < 4.78 is 0. The molecule has 1 amide bonds. The summed E-state index contributed by atoms with van der Waals surface area (Å²) in [5, 5.41) is 3.32. The summed E-state index contributed by atoms with van der Waals surface area (Å²) in [6.07, 6.45) is 2.07. The quantitative estimate of drug-likeness (QED) is 0.792. The molecule has 16 heavy (non-hydrogen) atoms. The number of aryl methyl sites for hydroxylation is 1. The highest BCUT2D eigenvalue weighted by molar-refractivity contribution is 6.31. The summed E-state index contributed by atoms with van der Waals surface area (Å²) in [5.74, 6) is -0.236. The number of hydrogen-bond acceptors (Lipinski definition) is 2. The first-order valence-electron chi connectivity index (χ1n) is 4.98. The Bertz CT molecular complexity index is 404. The highest BCUT2D eigenvalue weighted by Gasteiger charge is 2.11. The lowest BCUT2D eigenvalue weighted by molar-refractivity contribution is -0.117. The number of carbonyl (C=O) groups excluding carboxylic acids is 1. The van der Waals surface area contributed by atoms with Crippen LogP contribution in [0.1, 0.15) is 12.0 Å². The molecule has 0 saturated heterocycles. The molecule has 0 heterocycles. The van der Waals surface area contributed by atoms with E-state index in [1.807, 2.05) is 13.0 Å². The van der Waals surface area contributed by atoms with Crippen molar-refractivity contribution in [1.29, 1.82) is 0 Å². The van der Waals surface area contributed by atoms with Gasteiger partial charge in [-0.25, -0.2) is 0 Å². The summed E-state index contributed by atoms with van der Waals surface area (Å²) in [6.45, 7) is 5.43. The Labute approximate surface area is 100 Å². The second-order valence-corrected chi connectivity index (χ2v) is 3.99. The van der Waals surface area contributed by atoms with Crippen LogP contribution in [0.4, 0.5) is 5.69 Å². The van der Waals surface area contributed by atoms with Gasteiger partial charge in [0.1, 0.15) is 0 Å². The van der Waals surface area contributed by atoms with Gasteiger partial charge in [0.2, 0.25) is 5.91 Å². The molecule has 3 N–H and O–H groups in total. The van der Waals surface area contributed by atoms with Gasteiger partial charge in [0.05, 0.1) is 6.04 Å². The second kappa shape index (κ2) is 5.68. The van der Waals surface area contributed by atoms with Crippen LogP contribution in [0.3, 0.4) is 0 Å². The first kappa shape index (κ1) is 12.7. The predicted molar refractivity (Wildman–Crippen MR) is 67.6 cm³/mol. The van der Waals surface area contributed by atoms with Crippen molar-refractivity contribution in [3.63, 3.8) is 0 Å². The van der Waals surface area contributed by atoms with Gasteiger partial charge in [-0.15, -0.1) is 6.58 Å². The van der Waals surface area contributed by atoms with Crippen LogP contribution in [0.25, 0.3) is 0 Å². The van der Waals surface area contributed by atoms with Crippen molar-refractivity contribution >= 4 is 23.2 Å². The molecular formula is C12H15ClN2O. The van der Waals surface area contributed by atoms with E-state index in [1.165, 1.54) is 0 Å². The largest absolute Gasteiger partial charge is 0.325 e. The van der Waals surface area contributed by atoms with Crippen molar-refractivity contribution in [1.82, 2.24) is 0 Å². The number of anilines is 1. The van der Waals surface area contributed by atoms with Gasteiger partial charge in [-0.1, -0.05) is 23.7 Å². The highest BCUT2D eigenvalue weighted by Crippen LogP contribution is 2.19. The number of nitrogens with one attached hydrogen (secondary N) is 1. The third kappa shape index (κ3) is 3.36. The molecule has 1 aromatic rings. The molecule has 4 heteroatoms. The van der Waals surface area contributed by atoms with Crippen LogP contribution >= 0.6 is 11.6 Å². The van der Waals surface area contributed by atoms with Crippen LogP contribution in [0.15, 0.2) is 30.9 Å². The van der Waals surface area contributed by atoms with Crippen molar-refractivity contribution in [2.75, 3.05) is 5.32 Å². The molecular weight excluding hydrogens is 224 g/mol. The zero-order chi connectivity index (χ0) is 12.1. The molecule has 0 aromatic heterocycles. The number of nitrogens with two attached hydrogens (primary N) is 1. The zero-order valence-electron chi connectivity index (χ0n) is 9.16. The van der Waals surface area contributed by atoms with Gasteiger partial charge in [-0.05, 0) is 31.0 Å². The predicted octanol–water partition coefficient (Wildman–Crippen LogP) is 2.49. The molecule has 0 spiro atoms. The number of amides is 1. The molecule has 0 saturated carbocycles. The van der Waals surface area contributed by atoms with E-state index in [2.05, 4.69) is 11.9 Å². The molecule has 86 valence electrons. The van der Waals surface area contributed by atoms with E-state index < -0.39 is 6.04 Å². The number of hydrogen-bond donors (Lipinski definition) is 2. The summed E-state index contributed by atoms with van der Waals surface area (Å²) in [6, 6.07) is 4.77. The van der Waals surface area contributed by atoms with Crippen LogP contribution in [-0.2, 0) is 4.79 Å². The average molecular weight is 239 g/mol. The van der Waals surface area contributed by atoms with Crippen LogP contribution in [0.5, 0.6) is 0 Å². The number of benzene rings is 1. The molecule has 0 radical (unpaired) electrons. The van der Waals surface area contributed by atoms with Crippen LogP contribution in [0, 0.1) is 6.92 Å². The fraction of sp³-hybridized carbons (Fsp3) is 0.250. The molecule has 0 fully saturated rings. The summed E-state index contributed by atoms with van der Waals surface area (Å²) in [4.78, 5) is 11.6. The van der Waals surface area contributed by atoms with E-state index in [4.69, 9.17) is 17.3 Å². The number of carbonyl (C=O) groups is 1. The maximum Gasteiger partial charge on any atom is 0.241 e. The minimum absolute atomic E-state index is 0.236. The lowest BCUT2D eigenvalue weighted by atomic mass is 10.2. The van der Waals surface area contributed by atoms with E-state index in [0.29, 0.717) is 17.1 Å². The van der Waals surface area contributed by atoms with Gasteiger partial charge in [-0.3, -0.25) is 4.79 Å². The van der Waals surface area contributed by atoms with E-state index in [-0.39, 0.29) is 5.91 Å². The maximum absolute atomic E-state index is 11.6. The molecule has 0 bridgehead atoms. The van der Waals surface area contributed by atoms with Crippen molar-refractivity contribution in [2.24, 2.45) is 5.73 Å². The first-order chi connectivity index (χ1) is 7.54. The van der Waals surface area contributed by atoms with Gasteiger partial charge in [-0.2, -0.15) is 0 Å². The first-order valence-corrected chi connectivity index (χ1v) is 5.36. The van der Waals surface area contributed by atoms with Crippen molar-refractivity contribution in [3.8, 4) is 0 Å².